The van der Waals surface area contributed by atoms with Crippen LogP contribution in [-0.4, -0.2) is 15.9 Å². The lowest BCUT2D eigenvalue weighted by Gasteiger charge is -2.34. The summed E-state index contributed by atoms with van der Waals surface area (Å²) in [6.07, 6.45) is 4.96. The van der Waals surface area contributed by atoms with Crippen molar-refractivity contribution in [1.29, 1.82) is 0 Å². The maximum Gasteiger partial charge on any atom is 0.287 e. The first-order valence-electron chi connectivity index (χ1n) is 6.45. The Hall–Kier alpha value is -1.65. The van der Waals surface area contributed by atoms with E-state index in [1.807, 2.05) is 0 Å². The highest BCUT2D eigenvalue weighted by Gasteiger charge is 2.27. The lowest BCUT2D eigenvalue weighted by Crippen LogP contribution is -2.35. The summed E-state index contributed by atoms with van der Waals surface area (Å²) in [4.78, 5) is 14.2. The number of hydrogen-bond acceptors (Lipinski definition) is 4. The summed E-state index contributed by atoms with van der Waals surface area (Å²) >= 11 is 0. The predicted molar refractivity (Wildman–Crippen MR) is 70.5 cm³/mol. The minimum absolute atomic E-state index is 0.0330. The number of anilines is 1. The number of pyridine rings is 1. The Balaban J connectivity index is 2.02. The highest BCUT2D eigenvalue weighted by molar-refractivity contribution is 5.41. The van der Waals surface area contributed by atoms with Gasteiger partial charge in [-0.3, -0.25) is 10.1 Å². The summed E-state index contributed by atoms with van der Waals surface area (Å²) in [5.74, 6) is 2.05. The van der Waals surface area contributed by atoms with Gasteiger partial charge in [0.1, 0.15) is 12.0 Å². The lowest BCUT2D eigenvalue weighted by atomic mass is 9.78. The zero-order valence-corrected chi connectivity index (χ0v) is 10.8. The SMILES string of the molecule is CC1CCCC(Nc2ccc([N+](=O)[O-])cn2)C1C. The monoisotopic (exact) mass is 249 g/mol. The third-order valence-corrected chi connectivity index (χ3v) is 4.00. The number of nitrogens with zero attached hydrogens (tertiary/aromatic N) is 2. The summed E-state index contributed by atoms with van der Waals surface area (Å²) < 4.78 is 0. The number of nitro groups is 1. The Morgan fingerprint density at radius 3 is 2.78 bits per heavy atom. The van der Waals surface area contributed by atoms with Crippen molar-refractivity contribution in [2.45, 2.75) is 39.2 Å². The number of hydrogen-bond donors (Lipinski definition) is 1. The molecule has 0 bridgehead atoms. The number of nitrogens with one attached hydrogen (secondary N) is 1. The molecule has 1 aliphatic carbocycles. The molecule has 1 aromatic heterocycles. The molecular weight excluding hydrogens is 230 g/mol. The van der Waals surface area contributed by atoms with Crippen molar-refractivity contribution in [2.24, 2.45) is 11.8 Å². The van der Waals surface area contributed by atoms with E-state index in [4.69, 9.17) is 0 Å². The maximum atomic E-state index is 10.5. The molecule has 0 aliphatic heterocycles. The average Bonchev–Trinajstić information content (AvgIpc) is 2.36. The molecule has 0 spiro atoms. The molecular formula is C13H19N3O2. The van der Waals surface area contributed by atoms with Gasteiger partial charge in [-0.15, -0.1) is 0 Å². The van der Waals surface area contributed by atoms with Crippen LogP contribution in [0.15, 0.2) is 18.3 Å². The van der Waals surface area contributed by atoms with Crippen LogP contribution in [0.4, 0.5) is 11.5 Å². The van der Waals surface area contributed by atoms with Crippen LogP contribution < -0.4 is 5.32 Å². The molecule has 1 aromatic rings. The second-order valence-corrected chi connectivity index (χ2v) is 5.18. The van der Waals surface area contributed by atoms with Crippen LogP contribution >= 0.6 is 0 Å². The van der Waals surface area contributed by atoms with E-state index in [2.05, 4.69) is 24.1 Å². The molecule has 1 aliphatic rings. The number of aromatic nitrogens is 1. The van der Waals surface area contributed by atoms with Gasteiger partial charge in [-0.1, -0.05) is 26.7 Å². The van der Waals surface area contributed by atoms with Crippen LogP contribution in [-0.2, 0) is 0 Å². The first-order valence-corrected chi connectivity index (χ1v) is 6.45. The van der Waals surface area contributed by atoms with E-state index >= 15 is 0 Å². The van der Waals surface area contributed by atoms with Gasteiger partial charge in [0.15, 0.2) is 0 Å². The molecule has 0 radical (unpaired) electrons. The first-order chi connectivity index (χ1) is 8.58. The van der Waals surface area contributed by atoms with Crippen molar-refractivity contribution in [2.75, 3.05) is 5.32 Å². The Bertz CT molecular complexity index is 419. The largest absolute Gasteiger partial charge is 0.367 e. The van der Waals surface area contributed by atoms with Crippen molar-refractivity contribution >= 4 is 11.5 Å². The van der Waals surface area contributed by atoms with Gasteiger partial charge in [-0.25, -0.2) is 4.98 Å². The Morgan fingerprint density at radius 2 is 2.17 bits per heavy atom. The van der Waals surface area contributed by atoms with E-state index in [0.29, 0.717) is 17.9 Å². The number of rotatable bonds is 3. The molecule has 0 saturated heterocycles. The van der Waals surface area contributed by atoms with Crippen LogP contribution in [0.25, 0.3) is 0 Å². The maximum absolute atomic E-state index is 10.5. The van der Waals surface area contributed by atoms with Gasteiger partial charge < -0.3 is 5.32 Å². The molecule has 18 heavy (non-hydrogen) atoms. The van der Waals surface area contributed by atoms with Gasteiger partial charge in [0.2, 0.25) is 0 Å². The molecule has 3 atom stereocenters. The van der Waals surface area contributed by atoms with Gasteiger partial charge >= 0.3 is 0 Å². The van der Waals surface area contributed by atoms with Gasteiger partial charge in [-0.2, -0.15) is 0 Å². The summed E-state index contributed by atoms with van der Waals surface area (Å²) in [5.41, 5.74) is 0.0330. The smallest absolute Gasteiger partial charge is 0.287 e. The van der Waals surface area contributed by atoms with Gasteiger partial charge in [-0.05, 0) is 24.3 Å². The van der Waals surface area contributed by atoms with Crippen molar-refractivity contribution in [3.8, 4) is 0 Å². The average molecular weight is 249 g/mol. The van der Waals surface area contributed by atoms with Crippen LogP contribution in [0.3, 0.4) is 0 Å². The van der Waals surface area contributed by atoms with Crippen LogP contribution in [0, 0.1) is 22.0 Å². The van der Waals surface area contributed by atoms with E-state index in [1.54, 1.807) is 6.07 Å². The molecule has 3 unspecified atom stereocenters. The molecule has 5 heteroatoms. The molecule has 0 amide bonds. The Morgan fingerprint density at radius 1 is 1.39 bits per heavy atom. The Kier molecular flexibility index (Phi) is 3.79. The van der Waals surface area contributed by atoms with Gasteiger partial charge in [0.05, 0.1) is 4.92 Å². The van der Waals surface area contributed by atoms with Crippen LogP contribution in [0.2, 0.25) is 0 Å². The first kappa shape index (κ1) is 12.8. The molecule has 5 nitrogen and oxygen atoms in total. The van der Waals surface area contributed by atoms with E-state index in [9.17, 15) is 10.1 Å². The van der Waals surface area contributed by atoms with Crippen LogP contribution in [0.5, 0.6) is 0 Å². The molecule has 1 fully saturated rings. The van der Waals surface area contributed by atoms with Gasteiger partial charge in [0, 0.05) is 12.1 Å². The molecule has 1 heterocycles. The zero-order chi connectivity index (χ0) is 13.1. The molecule has 0 aromatic carbocycles. The fraction of sp³-hybridized carbons (Fsp3) is 0.615. The molecule has 1 saturated carbocycles. The minimum Gasteiger partial charge on any atom is -0.367 e. The fourth-order valence-corrected chi connectivity index (χ4v) is 2.56. The highest BCUT2D eigenvalue weighted by Crippen LogP contribution is 2.31. The third-order valence-electron chi connectivity index (χ3n) is 4.00. The van der Waals surface area contributed by atoms with E-state index in [1.165, 1.54) is 25.1 Å². The van der Waals surface area contributed by atoms with E-state index in [-0.39, 0.29) is 5.69 Å². The topological polar surface area (TPSA) is 68.1 Å². The summed E-state index contributed by atoms with van der Waals surface area (Å²) in [5, 5.41) is 13.9. The van der Waals surface area contributed by atoms with Crippen molar-refractivity contribution in [3.63, 3.8) is 0 Å². The van der Waals surface area contributed by atoms with E-state index < -0.39 is 4.92 Å². The van der Waals surface area contributed by atoms with Crippen molar-refractivity contribution < 1.29 is 4.92 Å². The molecule has 98 valence electrons. The lowest BCUT2D eigenvalue weighted by molar-refractivity contribution is -0.385. The van der Waals surface area contributed by atoms with E-state index in [0.717, 1.165) is 12.2 Å². The quantitative estimate of drug-likeness (QED) is 0.659. The molecule has 1 N–H and O–H groups in total. The highest BCUT2D eigenvalue weighted by atomic mass is 16.6. The minimum atomic E-state index is -0.428. The fourth-order valence-electron chi connectivity index (χ4n) is 2.56. The second kappa shape index (κ2) is 5.33. The summed E-state index contributed by atoms with van der Waals surface area (Å²) in [6, 6.07) is 3.60. The van der Waals surface area contributed by atoms with Crippen molar-refractivity contribution in [3.05, 3.63) is 28.4 Å². The van der Waals surface area contributed by atoms with Gasteiger partial charge in [0.25, 0.3) is 5.69 Å². The normalized spacial score (nSPS) is 27.8. The third kappa shape index (κ3) is 2.78. The Labute approximate surface area is 107 Å². The molecule has 2 rings (SSSR count). The summed E-state index contributed by atoms with van der Waals surface area (Å²) in [7, 11) is 0. The predicted octanol–water partition coefficient (Wildman–Crippen LogP) is 3.23. The zero-order valence-electron chi connectivity index (χ0n) is 10.8. The van der Waals surface area contributed by atoms with Crippen LogP contribution in [0.1, 0.15) is 33.1 Å². The standard InChI is InChI=1S/C13H19N3O2/c1-9-4-3-5-12(10(9)2)15-13-7-6-11(8-14-13)16(17)18/h6-10,12H,3-5H2,1-2H3,(H,14,15). The van der Waals surface area contributed by atoms with Crippen molar-refractivity contribution in [1.82, 2.24) is 4.98 Å². The summed E-state index contributed by atoms with van der Waals surface area (Å²) in [6.45, 7) is 4.54. The second-order valence-electron chi connectivity index (χ2n) is 5.18.